The van der Waals surface area contributed by atoms with Gasteiger partial charge in [0.25, 0.3) is 0 Å². The average molecular weight is 328 g/mol. The number of H-pyrrole nitrogens is 1. The van der Waals surface area contributed by atoms with E-state index in [9.17, 15) is 24.6 Å². The van der Waals surface area contributed by atoms with Gasteiger partial charge in [0.2, 0.25) is 10.9 Å². The minimum atomic E-state index is -0.700. The molecule has 0 aliphatic heterocycles. The lowest BCUT2D eigenvalue weighted by Crippen LogP contribution is -2.20. The highest BCUT2D eigenvalue weighted by atomic mass is 16.5. The molecule has 1 aromatic heterocycles. The van der Waals surface area contributed by atoms with Gasteiger partial charge in [-0.25, -0.2) is 9.78 Å². The summed E-state index contributed by atoms with van der Waals surface area (Å²) in [6.07, 6.45) is 0.603. The van der Waals surface area contributed by atoms with Gasteiger partial charge in [-0.05, 0) is 19.1 Å². The molecule has 0 fully saturated rings. The van der Waals surface area contributed by atoms with Gasteiger partial charge in [0.15, 0.2) is 0 Å². The number of hydrogen-bond acceptors (Lipinski definition) is 7. The van der Waals surface area contributed by atoms with Crippen molar-refractivity contribution in [3.8, 4) is 5.75 Å². The molecule has 0 aliphatic carbocycles. The zero-order valence-corrected chi connectivity index (χ0v) is 12.7. The molecule has 1 heterocycles. The molecule has 0 aliphatic rings. The number of esters is 1. The van der Waals surface area contributed by atoms with E-state index >= 15 is 0 Å². The molecule has 3 rings (SSSR count). The van der Waals surface area contributed by atoms with Crippen molar-refractivity contribution in [2.75, 3.05) is 7.11 Å². The van der Waals surface area contributed by atoms with Gasteiger partial charge in [0.1, 0.15) is 22.3 Å². The number of ether oxygens (including phenoxy) is 1. The first-order valence-corrected chi connectivity index (χ1v) is 6.85. The van der Waals surface area contributed by atoms with Crippen LogP contribution < -0.4 is 16.1 Å². The van der Waals surface area contributed by atoms with E-state index in [0.717, 1.165) is 6.07 Å². The average Bonchev–Trinajstić information content (AvgIpc) is 2.59. The number of methoxy groups -OCH3 is 1. The number of aromatic hydroxyl groups is 1. The van der Waals surface area contributed by atoms with Crippen LogP contribution in [-0.4, -0.2) is 33.3 Å². The van der Waals surface area contributed by atoms with Crippen LogP contribution in [0.15, 0.2) is 21.7 Å². The van der Waals surface area contributed by atoms with Gasteiger partial charge in [-0.15, -0.1) is 0 Å². The summed E-state index contributed by atoms with van der Waals surface area (Å²) in [5, 5.41) is 19.3. The van der Waals surface area contributed by atoms with Gasteiger partial charge >= 0.3 is 5.97 Å². The highest BCUT2D eigenvalue weighted by Gasteiger charge is 2.18. The zero-order valence-electron chi connectivity index (χ0n) is 12.7. The van der Waals surface area contributed by atoms with E-state index in [-0.39, 0.29) is 38.4 Å². The molecule has 8 heteroatoms. The predicted octanol–water partition coefficient (Wildman–Crippen LogP) is 0.252. The molecule has 0 unspecified atom stereocenters. The smallest absolute Gasteiger partial charge is 0.340 e. The van der Waals surface area contributed by atoms with Crippen LogP contribution in [0.25, 0.3) is 28.3 Å². The van der Waals surface area contributed by atoms with Gasteiger partial charge in [-0.2, -0.15) is 0 Å². The maximum Gasteiger partial charge on any atom is 0.340 e. The Kier molecular flexibility index (Phi) is 3.44. The van der Waals surface area contributed by atoms with Gasteiger partial charge in [-0.3, -0.25) is 9.59 Å². The molecule has 24 heavy (non-hydrogen) atoms. The number of nitrogens with one attached hydrogen (secondary N) is 1. The zero-order chi connectivity index (χ0) is 17.6. The molecular formula is C16H12N2O6. The van der Waals surface area contributed by atoms with Crippen molar-refractivity contribution < 1.29 is 19.7 Å². The maximum atomic E-state index is 12.4. The molecule has 0 atom stereocenters. The molecular weight excluding hydrogens is 316 g/mol. The quantitative estimate of drug-likeness (QED) is 0.431. The monoisotopic (exact) mass is 328 g/mol. The summed E-state index contributed by atoms with van der Waals surface area (Å²) in [7, 11) is 1.19. The molecule has 0 spiro atoms. The van der Waals surface area contributed by atoms with E-state index in [1.165, 1.54) is 20.1 Å². The second kappa shape index (κ2) is 5.34. The van der Waals surface area contributed by atoms with Crippen LogP contribution in [0.4, 0.5) is 0 Å². The van der Waals surface area contributed by atoms with Gasteiger partial charge < -0.3 is 19.9 Å². The maximum absolute atomic E-state index is 12.4. The van der Waals surface area contributed by atoms with Crippen molar-refractivity contribution in [3.05, 3.63) is 48.9 Å². The van der Waals surface area contributed by atoms with E-state index in [4.69, 9.17) is 0 Å². The fraction of sp³-hybridized carbons (Fsp3) is 0.125. The number of aliphatic hydroxyl groups is 1. The molecule has 3 N–H and O–H groups in total. The molecule has 0 saturated heterocycles. The summed E-state index contributed by atoms with van der Waals surface area (Å²) >= 11 is 0. The molecule has 0 radical (unpaired) electrons. The topological polar surface area (TPSA) is 130 Å². The lowest BCUT2D eigenvalue weighted by molar-refractivity contribution is 0.0602. The molecule has 2 aromatic carbocycles. The Labute approximate surface area is 133 Å². The number of phenolic OH excluding ortho intramolecular Hbond substituents is 1. The first-order valence-electron chi connectivity index (χ1n) is 6.85. The van der Waals surface area contributed by atoms with Crippen LogP contribution in [-0.2, 0) is 4.74 Å². The number of nitrogens with zero attached hydrogens (tertiary/aromatic N) is 1. The number of carbonyl (C=O) groups is 1. The Morgan fingerprint density at radius 3 is 2.58 bits per heavy atom. The van der Waals surface area contributed by atoms with Crippen molar-refractivity contribution in [3.63, 3.8) is 0 Å². The van der Waals surface area contributed by atoms with Gasteiger partial charge in [0.05, 0.1) is 29.7 Å². The van der Waals surface area contributed by atoms with Crippen molar-refractivity contribution in [1.82, 2.24) is 9.97 Å². The van der Waals surface area contributed by atoms with E-state index < -0.39 is 22.6 Å². The van der Waals surface area contributed by atoms with Crippen molar-refractivity contribution in [2.24, 2.45) is 0 Å². The third-order valence-corrected chi connectivity index (χ3v) is 3.82. The first-order chi connectivity index (χ1) is 11.4. The number of hydrogen-bond donors (Lipinski definition) is 3. The molecule has 8 nitrogen and oxygen atoms in total. The minimum Gasteiger partial charge on any atom is -0.515 e. The Bertz CT molecular complexity index is 1180. The van der Waals surface area contributed by atoms with Crippen LogP contribution in [0, 0.1) is 6.92 Å². The normalized spacial score (nSPS) is 12.0. The van der Waals surface area contributed by atoms with E-state index in [2.05, 4.69) is 14.7 Å². The van der Waals surface area contributed by atoms with Crippen LogP contribution in [0.1, 0.15) is 15.9 Å². The second-order valence-corrected chi connectivity index (χ2v) is 5.13. The second-order valence-electron chi connectivity index (χ2n) is 5.13. The summed E-state index contributed by atoms with van der Waals surface area (Å²) in [5.74, 6) is -1.12. The van der Waals surface area contributed by atoms with Crippen molar-refractivity contribution in [2.45, 2.75) is 6.92 Å². The summed E-state index contributed by atoms with van der Waals surface area (Å²) in [4.78, 5) is 43.1. The number of benzene rings is 2. The molecule has 0 amide bonds. The van der Waals surface area contributed by atoms with Crippen molar-refractivity contribution >= 4 is 34.3 Å². The van der Waals surface area contributed by atoms with E-state index in [1.54, 1.807) is 0 Å². The fourth-order valence-corrected chi connectivity index (χ4v) is 2.53. The van der Waals surface area contributed by atoms with E-state index in [0.29, 0.717) is 6.26 Å². The molecule has 3 aromatic rings. The first kappa shape index (κ1) is 15.5. The Morgan fingerprint density at radius 2 is 1.96 bits per heavy atom. The molecule has 122 valence electrons. The molecule has 0 saturated carbocycles. The summed E-state index contributed by atoms with van der Waals surface area (Å²) in [5.41, 5.74) is -1.20. The van der Waals surface area contributed by atoms with Crippen LogP contribution >= 0.6 is 0 Å². The lowest BCUT2D eigenvalue weighted by Gasteiger charge is -2.08. The number of aromatic nitrogens is 2. The highest BCUT2D eigenvalue weighted by Crippen LogP contribution is 2.17. The van der Waals surface area contributed by atoms with Crippen LogP contribution in [0.5, 0.6) is 5.75 Å². The van der Waals surface area contributed by atoms with Crippen molar-refractivity contribution in [1.29, 1.82) is 0 Å². The van der Waals surface area contributed by atoms with Crippen LogP contribution in [0.3, 0.4) is 0 Å². The summed E-state index contributed by atoms with van der Waals surface area (Å²) in [6.45, 7) is 1.38. The standard InChI is InChI=1S/C16H12N2O6/c1-6-14(21)8(5-19)11-13(15(6)22)18-10-7(16(23)24-2)3-4-9(20)12(10)17-11/h3-5,18-19,21H,1-2H3/b8-5+. The Morgan fingerprint density at radius 1 is 1.25 bits per heavy atom. The number of phenols is 1. The number of fused-ring (bicyclic) bond motifs is 2. The molecule has 0 bridgehead atoms. The number of rotatable bonds is 1. The van der Waals surface area contributed by atoms with Gasteiger partial charge in [-0.1, -0.05) is 0 Å². The SMILES string of the molecule is COC(=O)c1ccc(=O)c2nc3/c(=C\O)c(O)c(C)c(=O)c3[nH]c12. The summed E-state index contributed by atoms with van der Waals surface area (Å²) < 4.78 is 4.66. The Balaban J connectivity index is 2.66. The number of aromatic amines is 1. The summed E-state index contributed by atoms with van der Waals surface area (Å²) in [6, 6.07) is 2.42. The number of carbonyl (C=O) groups excluding carboxylic acids is 1. The number of aliphatic hydroxyl groups excluding tert-OH is 1. The van der Waals surface area contributed by atoms with Gasteiger partial charge in [0, 0.05) is 5.56 Å². The fourth-order valence-electron chi connectivity index (χ4n) is 2.53. The lowest BCUT2D eigenvalue weighted by atomic mass is 10.1. The predicted molar refractivity (Wildman–Crippen MR) is 86.2 cm³/mol. The minimum absolute atomic E-state index is 0.00176. The highest BCUT2D eigenvalue weighted by molar-refractivity contribution is 6.03. The third kappa shape index (κ3) is 2.00. The van der Waals surface area contributed by atoms with E-state index in [1.807, 2.05) is 0 Å². The third-order valence-electron chi connectivity index (χ3n) is 3.82. The Hall–Kier alpha value is -3.42. The van der Waals surface area contributed by atoms with Crippen LogP contribution in [0.2, 0.25) is 0 Å². The largest absolute Gasteiger partial charge is 0.515 e.